The molecule has 1 atom stereocenters. The lowest BCUT2D eigenvalue weighted by Crippen LogP contribution is -2.18. The summed E-state index contributed by atoms with van der Waals surface area (Å²) >= 11 is 0. The molecule has 0 saturated carbocycles. The van der Waals surface area contributed by atoms with Crippen molar-refractivity contribution in [2.24, 2.45) is 0 Å². The highest BCUT2D eigenvalue weighted by atomic mass is 31.2. The van der Waals surface area contributed by atoms with Crippen molar-refractivity contribution in [2.75, 3.05) is 0 Å². The van der Waals surface area contributed by atoms with E-state index in [-0.39, 0.29) is 6.42 Å². The van der Waals surface area contributed by atoms with E-state index in [1.807, 2.05) is 0 Å². The van der Waals surface area contributed by atoms with Gasteiger partial charge >= 0.3 is 7.60 Å². The minimum absolute atomic E-state index is 0.105. The second-order valence-electron chi connectivity index (χ2n) is 3.21. The van der Waals surface area contributed by atoms with Crippen LogP contribution >= 0.6 is 7.60 Å². The highest BCUT2D eigenvalue weighted by Gasteiger charge is 2.36. The Bertz CT molecular complexity index is 606. The van der Waals surface area contributed by atoms with Crippen molar-refractivity contribution in [1.82, 2.24) is 0 Å². The first-order valence-electron chi connectivity index (χ1n) is 12.5. The molecule has 0 amide bonds. The van der Waals surface area contributed by atoms with Crippen LogP contribution in [0.5, 0.6) is 0 Å². The second-order valence-corrected chi connectivity index (χ2v) is 5.09. The van der Waals surface area contributed by atoms with Crippen molar-refractivity contribution >= 4 is 7.60 Å². The summed E-state index contributed by atoms with van der Waals surface area (Å²) in [4.78, 5) is 0. The molecule has 1 N–H and O–H groups in total. The second kappa shape index (κ2) is 8.25. The van der Waals surface area contributed by atoms with Crippen molar-refractivity contribution in [3.63, 3.8) is 0 Å². The van der Waals surface area contributed by atoms with Crippen molar-refractivity contribution in [1.29, 1.82) is 0 Å². The molecule has 0 unspecified atom stereocenters. The third-order valence-corrected chi connectivity index (χ3v) is 3.44. The van der Waals surface area contributed by atoms with Crippen LogP contribution in [0, 0.1) is 0 Å². The fraction of sp³-hybridized carbons (Fsp3) is 1.00. The van der Waals surface area contributed by atoms with E-state index < -0.39 is 59.4 Å². The first kappa shape index (κ1) is 4.59. The van der Waals surface area contributed by atoms with Crippen LogP contribution in [0.1, 0.15) is 80.6 Å². The zero-order chi connectivity index (χ0) is 26.2. The van der Waals surface area contributed by atoms with Gasteiger partial charge in [-0.1, -0.05) is 26.2 Å². The van der Waals surface area contributed by atoms with Gasteiger partial charge < -0.3 is 14.2 Å². The minimum atomic E-state index is -6.18. The van der Waals surface area contributed by atoms with Crippen LogP contribution in [0.25, 0.3) is 0 Å². The van der Waals surface area contributed by atoms with Crippen LogP contribution in [0.15, 0.2) is 0 Å². The third kappa shape index (κ3) is 7.20. The van der Waals surface area contributed by atoms with E-state index in [0.29, 0.717) is 12.8 Å². The zero-order valence-corrected chi connectivity index (χ0v) is 10.3. The van der Waals surface area contributed by atoms with Gasteiger partial charge in [-0.15, -0.1) is 0 Å². The summed E-state index contributed by atoms with van der Waals surface area (Å²) in [6.07, 6.45) is -8.45. The predicted octanol–water partition coefficient (Wildman–Crippen LogP) is 3.93. The van der Waals surface area contributed by atoms with E-state index in [0.717, 1.165) is 0 Å². The van der Waals surface area contributed by atoms with Crippen LogP contribution in [0.3, 0.4) is 0 Å². The molecule has 0 aliphatic heterocycles. The molecule has 0 aromatic heterocycles. The molecule has 0 aromatic carbocycles. The van der Waals surface area contributed by atoms with Crippen LogP contribution in [-0.4, -0.2) is 23.1 Å². The molecule has 4 nitrogen and oxygen atoms in total. The van der Waals surface area contributed by atoms with Crippen LogP contribution < -0.4 is 0 Å². The summed E-state index contributed by atoms with van der Waals surface area (Å²) in [5, 5.41) is 10.5. The van der Waals surface area contributed by atoms with Gasteiger partial charge in [0.15, 0.2) is 5.82 Å². The summed E-state index contributed by atoms with van der Waals surface area (Å²) in [6, 6.07) is 0. The smallest absolute Gasteiger partial charge is 0.359 e. The van der Waals surface area contributed by atoms with E-state index >= 15 is 0 Å². The predicted molar refractivity (Wildman–Crippen MR) is 70.2 cm³/mol. The lowest BCUT2D eigenvalue weighted by molar-refractivity contribution is 0.0973. The molecule has 0 rings (SSSR count). The normalized spacial score (nSPS) is 33.6. The molecule has 0 saturated heterocycles. The molecular weight excluding hydrogens is 239 g/mol. The van der Waals surface area contributed by atoms with Crippen molar-refractivity contribution in [3.8, 4) is 0 Å². The number of hydrogen-bond donors (Lipinski definition) is 1. The monoisotopic (exact) mass is 281 g/mol. The largest absolute Gasteiger partial charge is 0.380 e. The van der Waals surface area contributed by atoms with Gasteiger partial charge in [0.1, 0.15) is 0 Å². The summed E-state index contributed by atoms with van der Waals surface area (Å²) in [5.41, 5.74) is 0. The lowest BCUT2D eigenvalue weighted by Gasteiger charge is -2.26. The molecule has 0 bridgehead atoms. The number of hydrogen-bond acceptors (Lipinski definition) is 4. The Labute approximate surface area is 126 Å². The molecule has 0 aliphatic carbocycles. The molecular formula is C12H27O4P. The van der Waals surface area contributed by atoms with E-state index in [4.69, 9.17) is 20.6 Å². The molecule has 104 valence electrons. The topological polar surface area (TPSA) is 55.8 Å². The standard InChI is InChI=1S/C12H27O4P/c1-6-7-8-9-12(13)17(14,15-10(2)3)16-11(4)5/h10-13H,6-9H2,1-5H3/t12-/m1/s1/i2D3,3D3,4D3,5D3,10D,11D,12D. The van der Waals surface area contributed by atoms with Crippen LogP contribution in [-0.2, 0) is 13.6 Å². The average molecular weight is 281 g/mol. The quantitative estimate of drug-likeness (QED) is 0.514. The summed E-state index contributed by atoms with van der Waals surface area (Å²) in [5.74, 6) is -3.59. The highest BCUT2D eigenvalue weighted by Crippen LogP contribution is 2.55. The Morgan fingerprint density at radius 2 is 1.76 bits per heavy atom. The number of unbranched alkanes of at least 4 members (excludes halogenated alkanes) is 2. The molecule has 17 heavy (non-hydrogen) atoms. The number of rotatable bonds is 9. The molecule has 0 spiro atoms. The Kier molecular flexibility index (Phi) is 2.23. The van der Waals surface area contributed by atoms with Crippen LogP contribution in [0.2, 0.25) is 0 Å². The molecule has 0 heterocycles. The van der Waals surface area contributed by atoms with Crippen LogP contribution in [0.4, 0.5) is 0 Å². The van der Waals surface area contributed by atoms with E-state index in [1.165, 1.54) is 0 Å². The Morgan fingerprint density at radius 1 is 1.24 bits per heavy atom. The summed E-state index contributed by atoms with van der Waals surface area (Å²) in [7, 11) is -6.18. The Hall–Kier alpha value is 0.110. The van der Waals surface area contributed by atoms with Gasteiger partial charge in [0.25, 0.3) is 0 Å². The van der Waals surface area contributed by atoms with E-state index in [1.54, 1.807) is 6.92 Å². The summed E-state index contributed by atoms with van der Waals surface area (Å²) < 4.78 is 134. The lowest BCUT2D eigenvalue weighted by atomic mass is 10.2. The third-order valence-electron chi connectivity index (χ3n) is 1.74. The maximum atomic E-state index is 13.5. The summed E-state index contributed by atoms with van der Waals surface area (Å²) in [6.45, 7) is -14.0. The van der Waals surface area contributed by atoms with Crippen molar-refractivity contribution < 1.29 is 39.3 Å². The molecule has 0 aromatic rings. The fourth-order valence-electron chi connectivity index (χ4n) is 1.03. The van der Waals surface area contributed by atoms with Gasteiger partial charge in [0.05, 0.1) is 16.3 Å². The van der Waals surface area contributed by atoms with E-state index in [2.05, 4.69) is 9.05 Å². The van der Waals surface area contributed by atoms with Crippen molar-refractivity contribution in [3.05, 3.63) is 0 Å². The molecule has 0 fully saturated rings. The maximum Gasteiger partial charge on any atom is 0.359 e. The van der Waals surface area contributed by atoms with Gasteiger partial charge in [-0.05, 0) is 33.8 Å². The van der Waals surface area contributed by atoms with Gasteiger partial charge in [-0.25, -0.2) is 0 Å². The average Bonchev–Trinajstić information content (AvgIpc) is 2.50. The first-order valence-corrected chi connectivity index (χ1v) is 6.51. The minimum Gasteiger partial charge on any atom is -0.380 e. The van der Waals surface area contributed by atoms with Gasteiger partial charge in [0.2, 0.25) is 0 Å². The first-order chi connectivity index (χ1) is 13.7. The Balaban J connectivity index is 6.93. The molecule has 0 aliphatic rings. The van der Waals surface area contributed by atoms with Gasteiger partial charge in [0, 0.05) is 16.4 Å². The zero-order valence-electron chi connectivity index (χ0n) is 24.4. The van der Waals surface area contributed by atoms with Gasteiger partial charge in [-0.2, -0.15) is 0 Å². The molecule has 0 radical (unpaired) electrons. The molecule has 5 heteroatoms. The fourth-order valence-corrected chi connectivity index (χ4v) is 2.20. The maximum absolute atomic E-state index is 13.5. The van der Waals surface area contributed by atoms with Crippen molar-refractivity contribution in [2.45, 2.75) is 78.0 Å². The Morgan fingerprint density at radius 3 is 2.18 bits per heavy atom. The van der Waals surface area contributed by atoms with E-state index in [9.17, 15) is 9.67 Å². The number of aliphatic hydroxyl groups is 1. The highest BCUT2D eigenvalue weighted by molar-refractivity contribution is 7.54. The van der Waals surface area contributed by atoms with Gasteiger partial charge in [-0.3, -0.25) is 4.57 Å². The SMILES string of the molecule is [2H]C([2H])([2H])C([2H])(OP(=O)(OC([2H])(C([2H])([2H])[2H])C([2H])([2H])[2H])[C@@]([2H])(O)CCCCC)C([2H])([2H])[2H].